The summed E-state index contributed by atoms with van der Waals surface area (Å²) in [6, 6.07) is 6.13. The minimum absolute atomic E-state index is 0.281. The Balaban J connectivity index is 2.06. The van der Waals surface area contributed by atoms with Gasteiger partial charge < -0.3 is 10.3 Å². The lowest BCUT2D eigenvalue weighted by atomic mass is 10.3. The molecule has 3 rings (SSSR count). The standard InChI is InChI=1S/C12H8ClFN4/c13-7-1-2-9(14)10(5-7)18-12-8-3-4-15-11(8)16-6-17-12/h1-6H,(H2,15,16,17,18). The van der Waals surface area contributed by atoms with Crippen molar-refractivity contribution in [3.63, 3.8) is 0 Å². The molecule has 0 amide bonds. The van der Waals surface area contributed by atoms with E-state index in [2.05, 4.69) is 20.3 Å². The zero-order valence-electron chi connectivity index (χ0n) is 9.11. The highest BCUT2D eigenvalue weighted by Crippen LogP contribution is 2.26. The largest absolute Gasteiger partial charge is 0.346 e. The van der Waals surface area contributed by atoms with Gasteiger partial charge in [-0.05, 0) is 24.3 Å². The Bertz CT molecular complexity index is 710. The van der Waals surface area contributed by atoms with Crippen molar-refractivity contribution in [2.24, 2.45) is 0 Å². The second kappa shape index (κ2) is 4.27. The van der Waals surface area contributed by atoms with Gasteiger partial charge in [-0.2, -0.15) is 0 Å². The summed E-state index contributed by atoms with van der Waals surface area (Å²) in [5.41, 5.74) is 0.971. The molecule has 0 unspecified atom stereocenters. The Hall–Kier alpha value is -2.14. The van der Waals surface area contributed by atoms with Crippen LogP contribution in [-0.4, -0.2) is 15.0 Å². The van der Waals surface area contributed by atoms with E-state index in [0.717, 1.165) is 5.39 Å². The summed E-state index contributed by atoms with van der Waals surface area (Å²) in [5, 5.41) is 4.16. The van der Waals surface area contributed by atoms with Crippen molar-refractivity contribution < 1.29 is 4.39 Å². The average molecular weight is 263 g/mol. The van der Waals surface area contributed by atoms with Crippen LogP contribution < -0.4 is 5.32 Å². The first kappa shape index (κ1) is 11.0. The summed E-state index contributed by atoms with van der Waals surface area (Å²) >= 11 is 5.83. The second-order valence-electron chi connectivity index (χ2n) is 3.71. The van der Waals surface area contributed by atoms with Gasteiger partial charge in [0.1, 0.15) is 23.6 Å². The molecule has 0 aliphatic carbocycles. The van der Waals surface area contributed by atoms with Gasteiger partial charge in [0.05, 0.1) is 11.1 Å². The van der Waals surface area contributed by atoms with Gasteiger partial charge in [0.15, 0.2) is 0 Å². The molecule has 0 aliphatic rings. The highest BCUT2D eigenvalue weighted by Gasteiger charge is 2.08. The molecule has 0 bridgehead atoms. The highest BCUT2D eigenvalue weighted by molar-refractivity contribution is 6.30. The molecule has 90 valence electrons. The molecule has 18 heavy (non-hydrogen) atoms. The lowest BCUT2D eigenvalue weighted by Crippen LogP contribution is -1.97. The third-order valence-corrected chi connectivity index (χ3v) is 2.77. The predicted octanol–water partition coefficient (Wildman–Crippen LogP) is 3.49. The number of nitrogens with one attached hydrogen (secondary N) is 2. The van der Waals surface area contributed by atoms with Gasteiger partial charge in [0.2, 0.25) is 0 Å². The van der Waals surface area contributed by atoms with Crippen LogP contribution in [0.1, 0.15) is 0 Å². The van der Waals surface area contributed by atoms with Crippen LogP contribution in [-0.2, 0) is 0 Å². The smallest absolute Gasteiger partial charge is 0.146 e. The van der Waals surface area contributed by atoms with Crippen molar-refractivity contribution in [1.29, 1.82) is 0 Å². The Morgan fingerprint density at radius 3 is 3.00 bits per heavy atom. The van der Waals surface area contributed by atoms with Crippen molar-refractivity contribution in [3.05, 3.63) is 47.6 Å². The van der Waals surface area contributed by atoms with Gasteiger partial charge in [-0.3, -0.25) is 0 Å². The molecule has 0 aliphatic heterocycles. The Labute approximate surface area is 107 Å². The molecule has 1 aromatic carbocycles. The number of halogens is 2. The quantitative estimate of drug-likeness (QED) is 0.743. The number of hydrogen-bond donors (Lipinski definition) is 2. The fourth-order valence-electron chi connectivity index (χ4n) is 1.69. The monoisotopic (exact) mass is 262 g/mol. The summed E-state index contributed by atoms with van der Waals surface area (Å²) < 4.78 is 13.6. The maximum atomic E-state index is 13.6. The maximum Gasteiger partial charge on any atom is 0.146 e. The van der Waals surface area contributed by atoms with Crippen LogP contribution in [0.4, 0.5) is 15.9 Å². The van der Waals surface area contributed by atoms with Crippen molar-refractivity contribution in [3.8, 4) is 0 Å². The van der Waals surface area contributed by atoms with E-state index in [0.29, 0.717) is 16.5 Å². The van der Waals surface area contributed by atoms with E-state index < -0.39 is 0 Å². The predicted molar refractivity (Wildman–Crippen MR) is 68.6 cm³/mol. The van der Waals surface area contributed by atoms with Crippen LogP contribution in [0.2, 0.25) is 5.02 Å². The number of benzene rings is 1. The van der Waals surface area contributed by atoms with Crippen LogP contribution in [0, 0.1) is 5.82 Å². The van der Waals surface area contributed by atoms with Crippen LogP contribution in [0.3, 0.4) is 0 Å². The van der Waals surface area contributed by atoms with Gasteiger partial charge in [-0.15, -0.1) is 0 Å². The number of anilines is 2. The average Bonchev–Trinajstić information content (AvgIpc) is 2.83. The molecule has 6 heteroatoms. The molecule has 4 nitrogen and oxygen atoms in total. The van der Waals surface area contributed by atoms with Crippen molar-refractivity contribution in [1.82, 2.24) is 15.0 Å². The van der Waals surface area contributed by atoms with E-state index in [9.17, 15) is 4.39 Å². The van der Waals surface area contributed by atoms with Crippen LogP contribution in [0.5, 0.6) is 0 Å². The summed E-state index contributed by atoms with van der Waals surface area (Å²) in [4.78, 5) is 11.1. The van der Waals surface area contributed by atoms with Crippen molar-refractivity contribution in [2.75, 3.05) is 5.32 Å². The maximum absolute atomic E-state index is 13.6. The van der Waals surface area contributed by atoms with Crippen LogP contribution in [0.15, 0.2) is 36.8 Å². The third kappa shape index (κ3) is 1.89. The zero-order valence-corrected chi connectivity index (χ0v) is 9.87. The van der Waals surface area contributed by atoms with E-state index in [4.69, 9.17) is 11.6 Å². The van der Waals surface area contributed by atoms with Gasteiger partial charge in [0.25, 0.3) is 0 Å². The summed E-state index contributed by atoms with van der Waals surface area (Å²) in [6.07, 6.45) is 3.16. The minimum Gasteiger partial charge on any atom is -0.346 e. The van der Waals surface area contributed by atoms with Gasteiger partial charge in [-0.25, -0.2) is 14.4 Å². The molecule has 0 saturated carbocycles. The summed E-state index contributed by atoms with van der Waals surface area (Å²) in [6.45, 7) is 0. The number of aromatic nitrogens is 3. The highest BCUT2D eigenvalue weighted by atomic mass is 35.5. The minimum atomic E-state index is -0.387. The van der Waals surface area contributed by atoms with E-state index in [-0.39, 0.29) is 11.5 Å². The first-order valence-corrected chi connectivity index (χ1v) is 5.62. The second-order valence-corrected chi connectivity index (χ2v) is 4.15. The van der Waals surface area contributed by atoms with E-state index >= 15 is 0 Å². The SMILES string of the molecule is Fc1ccc(Cl)cc1Nc1ncnc2[nH]ccc12. The topological polar surface area (TPSA) is 53.6 Å². The van der Waals surface area contributed by atoms with Gasteiger partial charge in [-0.1, -0.05) is 11.6 Å². The number of nitrogens with zero attached hydrogens (tertiary/aromatic N) is 2. The number of hydrogen-bond acceptors (Lipinski definition) is 3. The van der Waals surface area contributed by atoms with Gasteiger partial charge >= 0.3 is 0 Å². The Kier molecular flexibility index (Phi) is 2.60. The third-order valence-electron chi connectivity index (χ3n) is 2.54. The molecule has 0 fully saturated rings. The van der Waals surface area contributed by atoms with Gasteiger partial charge in [0, 0.05) is 11.2 Å². The van der Waals surface area contributed by atoms with E-state index in [1.54, 1.807) is 6.20 Å². The number of fused-ring (bicyclic) bond motifs is 1. The molecular formula is C12H8ClFN4. The lowest BCUT2D eigenvalue weighted by molar-refractivity contribution is 0.632. The first-order valence-electron chi connectivity index (χ1n) is 5.24. The molecule has 3 aromatic rings. The molecule has 0 radical (unpaired) electrons. The summed E-state index contributed by atoms with van der Waals surface area (Å²) in [5.74, 6) is 0.143. The molecule has 2 aromatic heterocycles. The number of H-pyrrole nitrogens is 1. The van der Waals surface area contributed by atoms with Crippen molar-refractivity contribution >= 4 is 34.1 Å². The molecule has 2 heterocycles. The van der Waals surface area contributed by atoms with E-state index in [1.807, 2.05) is 6.07 Å². The van der Waals surface area contributed by atoms with Crippen molar-refractivity contribution in [2.45, 2.75) is 0 Å². The van der Waals surface area contributed by atoms with Crippen LogP contribution in [0.25, 0.3) is 11.0 Å². The zero-order chi connectivity index (χ0) is 12.5. The first-order chi connectivity index (χ1) is 8.74. The lowest BCUT2D eigenvalue weighted by Gasteiger charge is -2.07. The van der Waals surface area contributed by atoms with E-state index in [1.165, 1.54) is 24.5 Å². The molecule has 0 spiro atoms. The number of aromatic amines is 1. The van der Waals surface area contributed by atoms with Crippen LogP contribution >= 0.6 is 11.6 Å². The Morgan fingerprint density at radius 2 is 2.11 bits per heavy atom. The molecule has 0 saturated heterocycles. The number of rotatable bonds is 2. The molecular weight excluding hydrogens is 255 g/mol. The molecule has 0 atom stereocenters. The fraction of sp³-hybridized carbons (Fsp3) is 0. The molecule has 2 N–H and O–H groups in total. The Morgan fingerprint density at radius 1 is 1.22 bits per heavy atom. The summed E-state index contributed by atoms with van der Waals surface area (Å²) in [7, 11) is 0. The normalized spacial score (nSPS) is 10.8. The fourth-order valence-corrected chi connectivity index (χ4v) is 1.86.